The van der Waals surface area contributed by atoms with Gasteiger partial charge in [0.1, 0.15) is 0 Å². The summed E-state index contributed by atoms with van der Waals surface area (Å²) in [6, 6.07) is 3.21. The number of carbonyl (C=O) groups is 1. The van der Waals surface area contributed by atoms with Crippen LogP contribution in [0.25, 0.3) is 10.9 Å². The predicted octanol–water partition coefficient (Wildman–Crippen LogP) is 1.50. The summed E-state index contributed by atoms with van der Waals surface area (Å²) < 4.78 is 0. The predicted molar refractivity (Wildman–Crippen MR) is 71.4 cm³/mol. The minimum atomic E-state index is -1.42. The lowest BCUT2D eigenvalue weighted by molar-refractivity contribution is 0.202. The van der Waals surface area contributed by atoms with Crippen LogP contribution in [0.1, 0.15) is 12.5 Å². The zero-order chi connectivity index (χ0) is 14.2. The Hall–Kier alpha value is -2.12. The van der Waals surface area contributed by atoms with E-state index in [0.717, 1.165) is 0 Å². The lowest BCUT2D eigenvalue weighted by Crippen LogP contribution is -2.38. The topological polar surface area (TPSA) is 112 Å². The molecule has 0 aliphatic carbocycles. The van der Waals surface area contributed by atoms with Crippen molar-refractivity contribution in [3.8, 4) is 0 Å². The highest BCUT2D eigenvalue weighted by Gasteiger charge is 2.19. The first-order valence-electron chi connectivity index (χ1n) is 5.44. The number of hydrogen-bond acceptors (Lipinski definition) is 4. The van der Waals surface area contributed by atoms with Gasteiger partial charge in [-0.2, -0.15) is 9.99 Å². The zero-order valence-electron chi connectivity index (χ0n) is 9.98. The van der Waals surface area contributed by atoms with Crippen LogP contribution in [0.3, 0.4) is 0 Å². The second kappa shape index (κ2) is 4.87. The molecule has 0 bridgehead atoms. The molecule has 0 saturated carbocycles. The van der Waals surface area contributed by atoms with Crippen LogP contribution in [0.5, 0.6) is 0 Å². The fraction of sp³-hybridized carbons (Fsp3) is 0.182. The van der Waals surface area contributed by atoms with E-state index in [-0.39, 0.29) is 5.82 Å². The van der Waals surface area contributed by atoms with Gasteiger partial charge in [-0.15, -0.1) is 0 Å². The minimum Gasteiger partial charge on any atom is -0.464 e. The Labute approximate surface area is 112 Å². The third-order valence-electron chi connectivity index (χ3n) is 2.72. The van der Waals surface area contributed by atoms with Crippen LogP contribution < -0.4 is 16.5 Å². The van der Waals surface area contributed by atoms with E-state index < -0.39 is 11.8 Å². The second-order valence-electron chi connectivity index (χ2n) is 3.82. The van der Waals surface area contributed by atoms with E-state index in [1.165, 1.54) is 0 Å². The van der Waals surface area contributed by atoms with Crippen molar-refractivity contribution >= 4 is 34.4 Å². The Morgan fingerprint density at radius 1 is 1.58 bits per heavy atom. The molecule has 0 aliphatic rings. The Morgan fingerprint density at radius 2 is 2.26 bits per heavy atom. The lowest BCUT2D eigenvalue weighted by atomic mass is 10.1. The number of nitrogens with two attached hydrogens (primary N) is 1. The summed E-state index contributed by atoms with van der Waals surface area (Å²) in [6.45, 7) is 1.86. The Morgan fingerprint density at radius 3 is 2.84 bits per heavy atom. The number of nitrogens with one attached hydrogen (secondary N) is 1. The van der Waals surface area contributed by atoms with Gasteiger partial charge in [0.2, 0.25) is 0 Å². The van der Waals surface area contributed by atoms with Crippen LogP contribution in [0, 0.1) is 0 Å². The average molecular weight is 283 g/mol. The van der Waals surface area contributed by atoms with E-state index in [9.17, 15) is 9.59 Å². The molecular weight excluding hydrogens is 272 g/mol. The molecule has 0 fully saturated rings. The standard InChI is InChI=1S/C11H11ClN4O3/c1-2-5-6(12)3-4-7-8(5)9(15-10(17)14-7)16(13)11(18)19/h3-4H,2,13H2,1H3,(H,18,19)(H,14,15,17). The molecule has 4 N–H and O–H groups in total. The summed E-state index contributed by atoms with van der Waals surface area (Å²) in [6.07, 6.45) is -0.869. The number of rotatable bonds is 2. The largest absolute Gasteiger partial charge is 0.464 e. The molecule has 1 aromatic heterocycles. The molecule has 0 radical (unpaired) electrons. The fourth-order valence-electron chi connectivity index (χ4n) is 1.89. The molecule has 19 heavy (non-hydrogen) atoms. The van der Waals surface area contributed by atoms with Crippen LogP contribution in [0.2, 0.25) is 5.02 Å². The number of anilines is 1. The summed E-state index contributed by atoms with van der Waals surface area (Å²) in [7, 11) is 0. The highest BCUT2D eigenvalue weighted by atomic mass is 35.5. The monoisotopic (exact) mass is 282 g/mol. The van der Waals surface area contributed by atoms with Crippen molar-refractivity contribution in [2.45, 2.75) is 13.3 Å². The maximum absolute atomic E-state index is 11.4. The van der Waals surface area contributed by atoms with Crippen molar-refractivity contribution < 1.29 is 9.90 Å². The number of nitrogens with zero attached hydrogens (tertiary/aromatic N) is 2. The molecule has 1 heterocycles. The van der Waals surface area contributed by atoms with Gasteiger partial charge in [-0.1, -0.05) is 18.5 Å². The SMILES string of the molecule is CCc1c(Cl)ccc2[nH]c(=O)nc(N(N)C(=O)O)c12. The molecule has 2 rings (SSSR count). The number of fused-ring (bicyclic) bond motifs is 1. The molecule has 0 spiro atoms. The van der Waals surface area contributed by atoms with Crippen molar-refractivity contribution in [2.75, 3.05) is 5.01 Å². The quantitative estimate of drug-likeness (QED) is 0.439. The fourth-order valence-corrected chi connectivity index (χ4v) is 2.18. The van der Waals surface area contributed by atoms with Crippen LogP contribution in [-0.2, 0) is 6.42 Å². The van der Waals surface area contributed by atoms with Crippen LogP contribution >= 0.6 is 11.6 Å². The Bertz CT molecular complexity index is 713. The third kappa shape index (κ3) is 2.25. The summed E-state index contributed by atoms with van der Waals surface area (Å²) in [5.74, 6) is 5.29. The summed E-state index contributed by atoms with van der Waals surface area (Å²) >= 11 is 6.07. The van der Waals surface area contributed by atoms with E-state index >= 15 is 0 Å². The van der Waals surface area contributed by atoms with Gasteiger partial charge >= 0.3 is 11.8 Å². The number of carboxylic acid groups (broad SMARTS) is 1. The van der Waals surface area contributed by atoms with Crippen LogP contribution in [-0.4, -0.2) is 21.2 Å². The number of aromatic nitrogens is 2. The molecule has 0 saturated heterocycles. The first-order chi connectivity index (χ1) is 8.95. The van der Waals surface area contributed by atoms with E-state index in [4.69, 9.17) is 22.6 Å². The lowest BCUT2D eigenvalue weighted by Gasteiger charge is -2.16. The Balaban J connectivity index is 2.92. The highest BCUT2D eigenvalue weighted by Crippen LogP contribution is 2.30. The van der Waals surface area contributed by atoms with Crippen molar-refractivity contribution in [2.24, 2.45) is 5.84 Å². The molecule has 100 valence electrons. The van der Waals surface area contributed by atoms with Gasteiger partial charge in [0.05, 0.1) is 5.52 Å². The van der Waals surface area contributed by atoms with Crippen molar-refractivity contribution in [3.05, 3.63) is 33.2 Å². The summed E-state index contributed by atoms with van der Waals surface area (Å²) in [5, 5.41) is 10.2. The summed E-state index contributed by atoms with van der Waals surface area (Å²) in [4.78, 5) is 28.5. The normalized spacial score (nSPS) is 10.7. The van der Waals surface area contributed by atoms with E-state index in [0.29, 0.717) is 32.9 Å². The first-order valence-corrected chi connectivity index (χ1v) is 5.82. The number of aryl methyl sites for hydroxylation is 1. The molecule has 0 aliphatic heterocycles. The number of hydrogen-bond donors (Lipinski definition) is 3. The van der Waals surface area contributed by atoms with Gasteiger partial charge in [0.25, 0.3) is 0 Å². The van der Waals surface area contributed by atoms with Gasteiger partial charge < -0.3 is 10.1 Å². The van der Waals surface area contributed by atoms with Crippen molar-refractivity contribution in [1.29, 1.82) is 0 Å². The van der Waals surface area contributed by atoms with Crippen molar-refractivity contribution in [3.63, 3.8) is 0 Å². The van der Waals surface area contributed by atoms with Crippen LogP contribution in [0.15, 0.2) is 16.9 Å². The van der Waals surface area contributed by atoms with Crippen molar-refractivity contribution in [1.82, 2.24) is 9.97 Å². The molecule has 2 aromatic rings. The minimum absolute atomic E-state index is 0.134. The number of aromatic amines is 1. The van der Waals surface area contributed by atoms with Gasteiger partial charge in [0.15, 0.2) is 5.82 Å². The molecule has 1 aromatic carbocycles. The maximum atomic E-state index is 11.4. The van der Waals surface area contributed by atoms with E-state index in [1.807, 2.05) is 6.92 Å². The average Bonchev–Trinajstić information content (AvgIpc) is 2.37. The molecule has 8 heteroatoms. The number of amides is 1. The number of benzene rings is 1. The van der Waals surface area contributed by atoms with E-state index in [2.05, 4.69) is 9.97 Å². The summed E-state index contributed by atoms with van der Waals surface area (Å²) in [5.41, 5.74) is 0.436. The molecule has 0 atom stereocenters. The number of H-pyrrole nitrogens is 1. The highest BCUT2D eigenvalue weighted by molar-refractivity contribution is 6.32. The zero-order valence-corrected chi connectivity index (χ0v) is 10.7. The van der Waals surface area contributed by atoms with Gasteiger partial charge in [-0.3, -0.25) is 0 Å². The second-order valence-corrected chi connectivity index (χ2v) is 4.23. The molecular formula is C11H11ClN4O3. The number of hydrazine groups is 1. The molecule has 1 amide bonds. The molecule has 0 unspecified atom stereocenters. The maximum Gasteiger partial charge on any atom is 0.427 e. The van der Waals surface area contributed by atoms with Gasteiger partial charge in [-0.25, -0.2) is 15.4 Å². The van der Waals surface area contributed by atoms with E-state index in [1.54, 1.807) is 12.1 Å². The molecule has 7 nitrogen and oxygen atoms in total. The first kappa shape index (κ1) is 13.3. The smallest absolute Gasteiger partial charge is 0.427 e. The Kier molecular flexibility index (Phi) is 3.41. The van der Waals surface area contributed by atoms with Gasteiger partial charge in [0, 0.05) is 10.4 Å². The third-order valence-corrected chi connectivity index (χ3v) is 3.07. The van der Waals surface area contributed by atoms with Crippen LogP contribution in [0.4, 0.5) is 10.6 Å². The number of halogens is 1. The van der Waals surface area contributed by atoms with Gasteiger partial charge in [-0.05, 0) is 24.1 Å².